The van der Waals surface area contributed by atoms with Crippen molar-refractivity contribution in [3.63, 3.8) is 0 Å². The van der Waals surface area contributed by atoms with E-state index in [0.29, 0.717) is 0 Å². The van der Waals surface area contributed by atoms with Gasteiger partial charge in [-0.05, 0) is 234 Å². The quantitative estimate of drug-likeness (QED) is 0.120. The lowest BCUT2D eigenvalue weighted by molar-refractivity contribution is 1.58. The molecule has 0 heteroatoms. The Labute approximate surface area is 569 Å². The van der Waals surface area contributed by atoms with E-state index in [0.717, 1.165) is 33.4 Å². The number of hydrogen-bond acceptors (Lipinski definition) is 0. The van der Waals surface area contributed by atoms with Crippen LogP contribution in [0.4, 0.5) is 0 Å². The summed E-state index contributed by atoms with van der Waals surface area (Å²) in [5, 5.41) is 19.5. The van der Waals surface area contributed by atoms with Gasteiger partial charge in [-0.15, -0.1) is 0 Å². The second-order valence-corrected chi connectivity index (χ2v) is 26.1. The van der Waals surface area contributed by atoms with Crippen molar-refractivity contribution in [1.29, 1.82) is 0 Å². The molecule has 0 saturated carbocycles. The summed E-state index contributed by atoms with van der Waals surface area (Å²) < 4.78 is 0. The molecule has 0 spiro atoms. The molecule has 98 heavy (non-hydrogen) atoms. The first-order chi connectivity index (χ1) is 48.6. The average Bonchev–Trinajstić information content (AvgIpc) is 0.747. The minimum absolute atomic E-state index is 1.16. The summed E-state index contributed by atoms with van der Waals surface area (Å²) in [6.45, 7) is 0. The van der Waals surface area contributed by atoms with Gasteiger partial charge in [-0.25, -0.2) is 0 Å². The highest BCUT2D eigenvalue weighted by Gasteiger charge is 2.24. The summed E-state index contributed by atoms with van der Waals surface area (Å²) in [5.74, 6) is 0. The zero-order valence-electron chi connectivity index (χ0n) is 53.8. The van der Waals surface area contributed by atoms with Gasteiger partial charge in [-0.3, -0.25) is 0 Å². The molecule has 0 unspecified atom stereocenters. The fourth-order valence-electron chi connectivity index (χ4n) is 16.3. The Morgan fingerprint density at radius 2 is 0.337 bits per heavy atom. The van der Waals surface area contributed by atoms with Crippen molar-refractivity contribution in [2.45, 2.75) is 0 Å². The first kappa shape index (κ1) is 56.8. The Kier molecular flexibility index (Phi) is 13.7. The van der Waals surface area contributed by atoms with Crippen molar-refractivity contribution in [1.82, 2.24) is 0 Å². The standard InChI is InChI=1S/C98H62/c1-3-25-63(26-4-1)69-57-71(79-53-55-85(81-45-19-33-65-29-7-11-37-75(65)81)89-51-23-49-87(97(79)89)83-47-21-35-67-31-9-13-39-77(67)83)61-73(59-69)95-91-41-15-17-43-93(91)96(94-44-18-16-42-92(94)95)74-60-70(64-27-5-2-6-28-64)58-72(62-74)80-54-56-86(82-46-20-34-66-30-8-12-38-76(66)82)90-52-24-50-88(98(80)90)84-48-22-36-68-32-10-14-40-78(68)84/h1-62H. The Hall–Kier alpha value is -12.7. The maximum Gasteiger partial charge on any atom is -0.00204 e. The van der Waals surface area contributed by atoms with Crippen LogP contribution >= 0.6 is 0 Å². The molecule has 0 atom stereocenters. The smallest absolute Gasteiger partial charge is 0.00204 e. The monoisotopic (exact) mass is 1240 g/mol. The normalized spacial score (nSPS) is 11.7. The summed E-state index contributed by atoms with van der Waals surface area (Å²) in [4.78, 5) is 0. The second-order valence-electron chi connectivity index (χ2n) is 26.1. The van der Waals surface area contributed by atoms with Crippen LogP contribution < -0.4 is 0 Å². The minimum atomic E-state index is 1.16. The van der Waals surface area contributed by atoms with Crippen LogP contribution in [0.2, 0.25) is 0 Å². The largest absolute Gasteiger partial charge is 0.0622 e. The molecular formula is C98H62. The maximum atomic E-state index is 2.49. The highest BCUT2D eigenvalue weighted by Crippen LogP contribution is 2.51. The van der Waals surface area contributed by atoms with E-state index >= 15 is 0 Å². The van der Waals surface area contributed by atoms with Crippen molar-refractivity contribution >= 4 is 86.2 Å². The van der Waals surface area contributed by atoms with E-state index in [2.05, 4.69) is 376 Å². The van der Waals surface area contributed by atoms with Gasteiger partial charge in [0.05, 0.1) is 0 Å². The van der Waals surface area contributed by atoms with Crippen LogP contribution in [0.25, 0.3) is 197 Å². The molecule has 0 aliphatic rings. The van der Waals surface area contributed by atoms with Crippen LogP contribution in [0.15, 0.2) is 376 Å². The SMILES string of the molecule is c1ccc(-c2cc(-c3c4ccccc4c(-c4cc(-c5ccccc5)cc(-c5ccc(-c6cccc7ccccc67)c6cccc(-c7cccc8ccccc78)c56)c4)c4ccccc34)cc(-c3ccc(-c4cccc5ccccc45)c4cccc(-c5cccc6ccccc56)c34)c2)cc1. The van der Waals surface area contributed by atoms with E-state index < -0.39 is 0 Å². The zero-order valence-corrected chi connectivity index (χ0v) is 53.8. The van der Waals surface area contributed by atoms with E-state index in [1.807, 2.05) is 0 Å². The van der Waals surface area contributed by atoms with Crippen LogP contribution in [0.3, 0.4) is 0 Å². The van der Waals surface area contributed by atoms with E-state index in [9.17, 15) is 0 Å². The van der Waals surface area contributed by atoms with Gasteiger partial charge in [0.25, 0.3) is 0 Å². The van der Waals surface area contributed by atoms with E-state index in [-0.39, 0.29) is 0 Å². The summed E-state index contributed by atoms with van der Waals surface area (Å²) in [6.07, 6.45) is 0. The third-order valence-corrected chi connectivity index (χ3v) is 20.6. The van der Waals surface area contributed by atoms with E-state index in [1.54, 1.807) is 0 Å². The fraction of sp³-hybridized carbons (Fsp3) is 0. The number of fused-ring (bicyclic) bond motifs is 8. The van der Waals surface area contributed by atoms with Gasteiger partial charge in [0.1, 0.15) is 0 Å². The lowest BCUT2D eigenvalue weighted by Gasteiger charge is -2.22. The molecule has 0 amide bonds. The highest BCUT2D eigenvalue weighted by molar-refractivity contribution is 6.24. The van der Waals surface area contributed by atoms with Crippen molar-refractivity contribution < 1.29 is 0 Å². The molecule has 19 aromatic rings. The molecule has 0 saturated heterocycles. The first-order valence-corrected chi connectivity index (χ1v) is 34.0. The van der Waals surface area contributed by atoms with Crippen LogP contribution in [-0.2, 0) is 0 Å². The van der Waals surface area contributed by atoms with E-state index in [1.165, 1.54) is 164 Å². The molecule has 0 nitrogen and oxygen atoms in total. The lowest BCUT2D eigenvalue weighted by Crippen LogP contribution is -1.95. The third-order valence-electron chi connectivity index (χ3n) is 20.6. The molecule has 19 rings (SSSR count). The molecule has 0 aliphatic heterocycles. The molecule has 0 N–H and O–H groups in total. The predicted octanol–water partition coefficient (Wildman–Crippen LogP) is 27.6. The van der Waals surface area contributed by atoms with Crippen LogP contribution in [0.5, 0.6) is 0 Å². The highest BCUT2D eigenvalue weighted by atomic mass is 14.3. The Morgan fingerprint density at radius 1 is 0.112 bits per heavy atom. The predicted molar refractivity (Wildman–Crippen MR) is 421 cm³/mol. The zero-order chi connectivity index (χ0) is 64.6. The van der Waals surface area contributed by atoms with Crippen molar-refractivity contribution in [3.8, 4) is 111 Å². The average molecular weight is 1240 g/mol. The Morgan fingerprint density at radius 3 is 0.684 bits per heavy atom. The van der Waals surface area contributed by atoms with Crippen LogP contribution in [-0.4, -0.2) is 0 Å². The number of rotatable bonds is 10. The molecule has 0 fully saturated rings. The van der Waals surface area contributed by atoms with Gasteiger partial charge < -0.3 is 0 Å². The summed E-state index contributed by atoms with van der Waals surface area (Å²) >= 11 is 0. The molecule has 0 radical (unpaired) electrons. The third kappa shape index (κ3) is 9.52. The second kappa shape index (κ2) is 23.6. The van der Waals surface area contributed by atoms with Crippen molar-refractivity contribution in [2.75, 3.05) is 0 Å². The van der Waals surface area contributed by atoms with Gasteiger partial charge in [-0.1, -0.05) is 340 Å². The topological polar surface area (TPSA) is 0 Å². The summed E-state index contributed by atoms with van der Waals surface area (Å²) in [5.41, 5.74) is 23.8. The summed E-state index contributed by atoms with van der Waals surface area (Å²) in [6, 6.07) is 141. The summed E-state index contributed by atoms with van der Waals surface area (Å²) in [7, 11) is 0. The molecule has 0 heterocycles. The van der Waals surface area contributed by atoms with Crippen LogP contribution in [0.1, 0.15) is 0 Å². The van der Waals surface area contributed by atoms with Crippen molar-refractivity contribution in [3.05, 3.63) is 376 Å². The first-order valence-electron chi connectivity index (χ1n) is 34.0. The van der Waals surface area contributed by atoms with Gasteiger partial charge in [0, 0.05) is 0 Å². The van der Waals surface area contributed by atoms with Crippen LogP contribution in [0, 0.1) is 0 Å². The van der Waals surface area contributed by atoms with Gasteiger partial charge in [0.15, 0.2) is 0 Å². The van der Waals surface area contributed by atoms with E-state index in [4.69, 9.17) is 0 Å². The Balaban J connectivity index is 0.869. The van der Waals surface area contributed by atoms with Gasteiger partial charge in [0.2, 0.25) is 0 Å². The van der Waals surface area contributed by atoms with Gasteiger partial charge >= 0.3 is 0 Å². The van der Waals surface area contributed by atoms with Gasteiger partial charge in [-0.2, -0.15) is 0 Å². The molecule has 454 valence electrons. The number of hydrogen-bond donors (Lipinski definition) is 0. The van der Waals surface area contributed by atoms with Crippen molar-refractivity contribution in [2.24, 2.45) is 0 Å². The lowest BCUT2D eigenvalue weighted by atomic mass is 9.81. The maximum absolute atomic E-state index is 2.49. The molecule has 0 aromatic heterocycles. The fourth-order valence-corrected chi connectivity index (χ4v) is 16.3. The molecule has 19 aromatic carbocycles. The number of benzene rings is 19. The minimum Gasteiger partial charge on any atom is -0.0622 e. The Bertz CT molecular complexity index is 5940. The molecule has 0 bridgehead atoms. The molecule has 0 aliphatic carbocycles. The molecular weight excluding hydrogens is 1180 g/mol.